The van der Waals surface area contributed by atoms with Gasteiger partial charge in [-0.15, -0.1) is 45.3 Å². The van der Waals surface area contributed by atoms with Crippen molar-refractivity contribution in [2.24, 2.45) is 0 Å². The van der Waals surface area contributed by atoms with Crippen LogP contribution in [0.3, 0.4) is 0 Å². The number of H-pyrrole nitrogens is 2. The Morgan fingerprint density at radius 3 is 1.05 bits per heavy atom. The second-order valence-electron chi connectivity index (χ2n) is 30.4. The average molecular weight is 1670 g/mol. The molecule has 4 bridgehead atoms. The molecule has 0 radical (unpaired) electrons. The number of fused-ring (bicyclic) bond motifs is 12. The molecule has 10 N–H and O–H groups in total. The van der Waals surface area contributed by atoms with Crippen molar-refractivity contribution in [1.29, 1.82) is 0 Å². The predicted octanol–water partition coefficient (Wildman–Crippen LogP) is 9.23. The van der Waals surface area contributed by atoms with E-state index in [0.29, 0.717) is 89.7 Å². The van der Waals surface area contributed by atoms with Crippen molar-refractivity contribution in [1.82, 2.24) is 20.6 Å². The van der Waals surface area contributed by atoms with Gasteiger partial charge in [0.1, 0.15) is 84.2 Å². The van der Waals surface area contributed by atoms with Gasteiger partial charge in [-0.25, -0.2) is 9.59 Å². The van der Waals surface area contributed by atoms with E-state index in [0.717, 1.165) is 86.5 Å². The molecule has 2 aromatic carbocycles. The van der Waals surface area contributed by atoms with E-state index < -0.39 is 59.6 Å². The average Bonchev–Trinajstić information content (AvgIpc) is 1.53. The summed E-state index contributed by atoms with van der Waals surface area (Å²) in [5, 5.41) is 98.1. The summed E-state index contributed by atoms with van der Waals surface area (Å²) >= 11 is 5.47. The smallest absolute Gasteiger partial charge is 0.430 e. The van der Waals surface area contributed by atoms with Gasteiger partial charge in [0.25, 0.3) is 0 Å². The van der Waals surface area contributed by atoms with Crippen LogP contribution in [-0.2, 0) is 49.3 Å². The number of morpholine rings is 2. The third-order valence-electron chi connectivity index (χ3n) is 23.0. The number of aliphatic carboxylic acids is 2. The molecule has 12 heterocycles. The molecule has 6 saturated heterocycles. The second-order valence-corrected chi connectivity index (χ2v) is 34.2. The van der Waals surface area contributed by atoms with Gasteiger partial charge in [-0.1, -0.05) is 87.8 Å². The summed E-state index contributed by atoms with van der Waals surface area (Å²) in [7, 11) is 4.73. The van der Waals surface area contributed by atoms with E-state index in [-0.39, 0.29) is 59.2 Å². The molecule has 0 aliphatic carbocycles. The molecule has 0 saturated carbocycles. The number of piperidine rings is 2. The summed E-state index contributed by atoms with van der Waals surface area (Å²) in [5.41, 5.74) is -2.08. The molecule has 10 atom stereocenters. The highest BCUT2D eigenvalue weighted by Gasteiger charge is 2.73. The van der Waals surface area contributed by atoms with Crippen molar-refractivity contribution in [3.63, 3.8) is 0 Å². The van der Waals surface area contributed by atoms with Gasteiger partial charge in [-0.3, -0.25) is 9.59 Å². The number of hydrogen-bond acceptors (Lipinski definition) is 24. The van der Waals surface area contributed by atoms with E-state index >= 15 is 0 Å². The number of halogens is 6. The Balaban J connectivity index is 0.000000192. The summed E-state index contributed by atoms with van der Waals surface area (Å²) in [4.78, 5) is 75.7. The van der Waals surface area contributed by atoms with Crippen LogP contribution in [0.25, 0.3) is 21.8 Å². The second kappa shape index (κ2) is 37.7. The number of esters is 2. The zero-order chi connectivity index (χ0) is 81.9. The SMILES string of the molecule is C[N+]1(CCCCCCCCCNC[C@H](O)c2ccc(O)c3[nH]c(=O)ccc23)C2CC(OC(=O)C(O)(c3cccs3)c3cccs3)CC1C1OC12.C[N+]1(CCCCCCCCCNC[C@H](O)c2ccc(O)c3[nH]c(=O)ccc23)C2CC(OC(=O)C(O)(c3cccs3)c3cccs3)CC1C1OC12.O=C([O-])C(F)(F)F.O=C([O-])C(F)(F)F. The first kappa shape index (κ1) is 87.2. The predicted molar refractivity (Wildman–Crippen MR) is 411 cm³/mol. The van der Waals surface area contributed by atoms with Gasteiger partial charge in [0, 0.05) is 61.7 Å². The summed E-state index contributed by atoms with van der Waals surface area (Å²) in [5.74, 6) is -7.18. The lowest BCUT2D eigenvalue weighted by atomic mass is 9.94. The molecule has 6 aromatic heterocycles. The van der Waals surface area contributed by atoms with Gasteiger partial charge in [-0.05, 0) is 133 Å². The number of aliphatic hydroxyl groups is 4. The highest BCUT2D eigenvalue weighted by molar-refractivity contribution is 7.12. The van der Waals surface area contributed by atoms with Gasteiger partial charge in [0.2, 0.25) is 22.3 Å². The highest BCUT2D eigenvalue weighted by atomic mass is 32.1. The first-order valence-corrected chi connectivity index (χ1v) is 41.9. The van der Waals surface area contributed by atoms with Gasteiger partial charge in [0.15, 0.2) is 0 Å². The van der Waals surface area contributed by atoms with Gasteiger partial charge < -0.3 is 99.0 Å². The number of aromatic hydroxyl groups is 2. The number of thiophene rings is 4. The number of aromatic nitrogens is 2. The number of likely N-dealkylation sites (N-methyl/N-ethyl adjacent to an activating group) is 2. The quantitative estimate of drug-likeness (QED) is 0.00590. The number of hydrogen-bond donors (Lipinski definition) is 10. The molecule has 34 heteroatoms. The van der Waals surface area contributed by atoms with Crippen molar-refractivity contribution in [3.8, 4) is 11.5 Å². The van der Waals surface area contributed by atoms with Crippen LogP contribution in [0.1, 0.15) is 158 Å². The third-order valence-corrected chi connectivity index (χ3v) is 26.9. The minimum atomic E-state index is -5.19. The number of rotatable bonds is 34. The monoisotopic (exact) mass is 1670 g/mol. The number of alkyl halides is 6. The zero-order valence-corrected chi connectivity index (χ0v) is 66.1. The molecular weight excluding hydrogens is 1580 g/mol. The topological polar surface area (TPSA) is 369 Å². The number of benzene rings is 2. The maximum atomic E-state index is 13.6. The standard InChI is InChI=1S/2C38H47N3O7S2.2C2HF3O2/c2*1-41(18-8-6-4-2-3-5-7-17-39-23-30(43)25-13-15-29(42)34-26(25)14-16-33(44)40-34)27-21-24(22-28(41)36-35(27)48-36)47-37(45)38(46,31-11-9-19-49-31)32-12-10-20-50-32;2*3-2(4,5)1(6)7/h2*9-16,19-20,24,27-28,30,35-36,39,43,46H,2-8,17-18,21-23H2,1H3,(H-,40,42,44);2*(H,6,7)/t2*24?,27?,28?,30-,35?,36?,41?;;/m00../s1. The number of aromatic amines is 2. The van der Waals surface area contributed by atoms with E-state index in [1.807, 2.05) is 45.8 Å². The molecular formula is C80H96F6N6O18S4. The number of nitrogens with zero attached hydrogens (tertiary/aromatic N) is 2. The van der Waals surface area contributed by atoms with Crippen LogP contribution in [-0.4, -0.2) is 200 Å². The molecule has 8 unspecified atom stereocenters. The van der Waals surface area contributed by atoms with E-state index in [4.69, 9.17) is 38.7 Å². The van der Waals surface area contributed by atoms with Crippen LogP contribution in [0.2, 0.25) is 0 Å². The van der Waals surface area contributed by atoms with Crippen LogP contribution in [0.5, 0.6) is 11.5 Å². The molecule has 24 nitrogen and oxygen atoms in total. The Labute approximate surface area is 669 Å². The van der Waals surface area contributed by atoms with Crippen molar-refractivity contribution >= 4 is 91.0 Å². The van der Waals surface area contributed by atoms with E-state index in [1.165, 1.54) is 134 Å². The molecule has 6 fully saturated rings. The summed E-state index contributed by atoms with van der Waals surface area (Å²) in [6.07, 6.45) is 8.09. The highest BCUT2D eigenvalue weighted by Crippen LogP contribution is 2.55. The Morgan fingerprint density at radius 1 is 0.482 bits per heavy atom. The molecule has 14 rings (SSSR count). The molecule has 620 valence electrons. The number of nitrogens with one attached hydrogen (secondary N) is 4. The fraction of sp³-hybridized carbons (Fsp3) is 0.525. The fourth-order valence-corrected chi connectivity index (χ4v) is 20.4. The van der Waals surface area contributed by atoms with Crippen LogP contribution in [0.4, 0.5) is 26.3 Å². The van der Waals surface area contributed by atoms with E-state index in [1.54, 1.807) is 48.5 Å². The number of aliphatic hydroxyl groups excluding tert-OH is 2. The van der Waals surface area contributed by atoms with Crippen molar-refractivity contribution in [3.05, 3.63) is 170 Å². The largest absolute Gasteiger partial charge is 0.542 e. The van der Waals surface area contributed by atoms with Gasteiger partial charge >= 0.3 is 24.3 Å². The number of phenolic OH excluding ortho intramolecular Hbond substituents is 2. The number of ether oxygens (including phenoxy) is 4. The molecule has 0 amide bonds. The number of pyridine rings is 2. The van der Waals surface area contributed by atoms with Crippen LogP contribution < -0.4 is 32.0 Å². The Kier molecular flexibility index (Phi) is 28.8. The maximum Gasteiger partial charge on any atom is 0.430 e. The van der Waals surface area contributed by atoms with E-state index in [2.05, 4.69) is 34.7 Å². The Morgan fingerprint density at radius 2 is 0.772 bits per heavy atom. The zero-order valence-electron chi connectivity index (χ0n) is 62.8. The number of carboxylic acids is 2. The minimum Gasteiger partial charge on any atom is -0.542 e. The molecule has 0 spiro atoms. The Bertz CT molecular complexity index is 4230. The Hall–Kier alpha value is -7.68. The number of unbranched alkanes of at least 4 members (excludes halogenated alkanes) is 12. The lowest BCUT2D eigenvalue weighted by Gasteiger charge is -2.48. The fourth-order valence-electron chi connectivity index (χ4n) is 17.0. The molecule has 6 aliphatic heterocycles. The first-order valence-electron chi connectivity index (χ1n) is 38.4. The van der Waals surface area contributed by atoms with Crippen LogP contribution in [0.15, 0.2) is 128 Å². The van der Waals surface area contributed by atoms with Crippen molar-refractivity contribution < 1.29 is 114 Å². The number of carbonyl (C=O) groups excluding carboxylic acids is 4. The number of quaternary nitrogens is 2. The summed E-state index contributed by atoms with van der Waals surface area (Å²) < 4.78 is 89.5. The van der Waals surface area contributed by atoms with Crippen LogP contribution >= 0.6 is 45.3 Å². The summed E-state index contributed by atoms with van der Waals surface area (Å²) in [6.45, 7) is 4.68. The molecule has 6 aliphatic rings. The van der Waals surface area contributed by atoms with Gasteiger partial charge in [0.05, 0.1) is 69.9 Å². The lowest BCUT2D eigenvalue weighted by molar-refractivity contribution is -0.956. The molecule has 114 heavy (non-hydrogen) atoms. The van der Waals surface area contributed by atoms with E-state index in [9.17, 15) is 76.2 Å². The van der Waals surface area contributed by atoms with Gasteiger partial charge in [-0.2, -0.15) is 26.3 Å². The normalized spacial score (nSPS) is 24.4. The maximum absolute atomic E-state index is 13.6. The van der Waals surface area contributed by atoms with Crippen LogP contribution in [0, 0.1) is 0 Å². The van der Waals surface area contributed by atoms with Crippen molar-refractivity contribution in [2.75, 3.05) is 53.4 Å². The summed E-state index contributed by atoms with van der Waals surface area (Å²) in [6, 6.07) is 28.3. The number of phenols is 2. The van der Waals surface area contributed by atoms with Crippen molar-refractivity contribution in [2.45, 2.75) is 212 Å². The first-order chi connectivity index (χ1) is 54.3. The molecule has 8 aromatic rings. The minimum absolute atomic E-state index is 0.00837. The third kappa shape index (κ3) is 20.3. The lowest BCUT2D eigenvalue weighted by Crippen LogP contribution is -2.63. The number of carbonyl (C=O) groups is 4. The number of epoxide rings is 2. The number of carboxylic acid groups (broad SMARTS) is 2.